The van der Waals surface area contributed by atoms with Crippen LogP contribution in [0.3, 0.4) is 0 Å². The van der Waals surface area contributed by atoms with E-state index in [1.807, 2.05) is 25.4 Å². The second-order valence-electron chi connectivity index (χ2n) is 3.99. The molecule has 0 N–H and O–H groups in total. The van der Waals surface area contributed by atoms with Crippen molar-refractivity contribution in [1.29, 1.82) is 0 Å². The molecule has 0 spiro atoms. The number of aromatic nitrogens is 2. The standard InChI is InChI=1S/C14H16N2/c1-3-4-12-5-6-14(16-10-12)13-7-8-15-11(2)9-13/h5-10H,3-4H2,1-2H3. The van der Waals surface area contributed by atoms with E-state index < -0.39 is 0 Å². The Morgan fingerprint density at radius 2 is 2.00 bits per heavy atom. The quantitative estimate of drug-likeness (QED) is 0.779. The Morgan fingerprint density at radius 3 is 2.62 bits per heavy atom. The Labute approximate surface area is 96.4 Å². The fourth-order valence-electron chi connectivity index (χ4n) is 1.74. The zero-order chi connectivity index (χ0) is 11.4. The zero-order valence-electron chi connectivity index (χ0n) is 9.77. The molecule has 2 heterocycles. The highest BCUT2D eigenvalue weighted by atomic mass is 14.7. The molecule has 0 saturated carbocycles. The van der Waals surface area contributed by atoms with E-state index in [2.05, 4.69) is 35.1 Å². The SMILES string of the molecule is CCCc1ccc(-c2ccnc(C)c2)nc1. The van der Waals surface area contributed by atoms with Gasteiger partial charge in [0.1, 0.15) is 0 Å². The first-order valence-electron chi connectivity index (χ1n) is 5.67. The van der Waals surface area contributed by atoms with E-state index in [1.54, 1.807) is 0 Å². The summed E-state index contributed by atoms with van der Waals surface area (Å²) >= 11 is 0. The lowest BCUT2D eigenvalue weighted by atomic mass is 10.1. The fraction of sp³-hybridized carbons (Fsp3) is 0.286. The maximum absolute atomic E-state index is 4.48. The van der Waals surface area contributed by atoms with Crippen LogP contribution >= 0.6 is 0 Å². The lowest BCUT2D eigenvalue weighted by Gasteiger charge is -2.03. The molecule has 0 amide bonds. The van der Waals surface area contributed by atoms with Gasteiger partial charge in [-0.25, -0.2) is 0 Å². The van der Waals surface area contributed by atoms with Gasteiger partial charge in [-0.05, 0) is 37.1 Å². The predicted molar refractivity (Wildman–Crippen MR) is 66.2 cm³/mol. The highest BCUT2D eigenvalue weighted by molar-refractivity contribution is 5.58. The number of hydrogen-bond acceptors (Lipinski definition) is 2. The summed E-state index contributed by atoms with van der Waals surface area (Å²) in [5, 5.41) is 0. The normalized spacial score (nSPS) is 10.4. The van der Waals surface area contributed by atoms with Crippen molar-refractivity contribution in [3.63, 3.8) is 0 Å². The van der Waals surface area contributed by atoms with Gasteiger partial charge in [0.05, 0.1) is 5.69 Å². The topological polar surface area (TPSA) is 25.8 Å². The van der Waals surface area contributed by atoms with Gasteiger partial charge in [0.2, 0.25) is 0 Å². The van der Waals surface area contributed by atoms with Gasteiger partial charge in [-0.3, -0.25) is 9.97 Å². The molecule has 0 aliphatic rings. The van der Waals surface area contributed by atoms with Gasteiger partial charge in [-0.2, -0.15) is 0 Å². The van der Waals surface area contributed by atoms with Crippen molar-refractivity contribution in [1.82, 2.24) is 9.97 Å². The van der Waals surface area contributed by atoms with Gasteiger partial charge in [0.25, 0.3) is 0 Å². The summed E-state index contributed by atoms with van der Waals surface area (Å²) in [4.78, 5) is 8.67. The number of hydrogen-bond donors (Lipinski definition) is 0. The molecule has 82 valence electrons. The van der Waals surface area contributed by atoms with Crippen LogP contribution in [-0.2, 0) is 6.42 Å². The summed E-state index contributed by atoms with van der Waals surface area (Å²) in [6, 6.07) is 8.29. The van der Waals surface area contributed by atoms with Gasteiger partial charge < -0.3 is 0 Å². The van der Waals surface area contributed by atoms with Crippen molar-refractivity contribution >= 4 is 0 Å². The molecule has 2 heteroatoms. The maximum Gasteiger partial charge on any atom is 0.0703 e. The molecule has 0 aliphatic heterocycles. The number of aryl methyl sites for hydroxylation is 2. The predicted octanol–water partition coefficient (Wildman–Crippen LogP) is 3.40. The first-order valence-corrected chi connectivity index (χ1v) is 5.67. The van der Waals surface area contributed by atoms with Gasteiger partial charge in [-0.1, -0.05) is 19.4 Å². The Kier molecular flexibility index (Phi) is 3.30. The first-order chi connectivity index (χ1) is 7.79. The summed E-state index contributed by atoms with van der Waals surface area (Å²) in [6.45, 7) is 4.18. The lowest BCUT2D eigenvalue weighted by Crippen LogP contribution is -1.89. The summed E-state index contributed by atoms with van der Waals surface area (Å²) < 4.78 is 0. The van der Waals surface area contributed by atoms with Gasteiger partial charge in [0.15, 0.2) is 0 Å². The maximum atomic E-state index is 4.48. The summed E-state index contributed by atoms with van der Waals surface area (Å²) in [5.41, 5.74) is 4.48. The van der Waals surface area contributed by atoms with E-state index in [9.17, 15) is 0 Å². The molecule has 2 rings (SSSR count). The minimum absolute atomic E-state index is 1.02. The summed E-state index contributed by atoms with van der Waals surface area (Å²) in [5.74, 6) is 0. The number of rotatable bonds is 3. The lowest BCUT2D eigenvalue weighted by molar-refractivity contribution is 0.914. The molecule has 0 fully saturated rings. The van der Waals surface area contributed by atoms with Crippen LogP contribution in [-0.4, -0.2) is 9.97 Å². The molecule has 0 unspecified atom stereocenters. The summed E-state index contributed by atoms with van der Waals surface area (Å²) in [7, 11) is 0. The van der Waals surface area contributed by atoms with E-state index in [0.717, 1.165) is 29.8 Å². The van der Waals surface area contributed by atoms with Gasteiger partial charge >= 0.3 is 0 Å². The third-order valence-electron chi connectivity index (χ3n) is 2.56. The molecule has 0 saturated heterocycles. The minimum Gasteiger partial charge on any atom is -0.262 e. The third-order valence-corrected chi connectivity index (χ3v) is 2.56. The van der Waals surface area contributed by atoms with Crippen molar-refractivity contribution in [3.05, 3.63) is 47.9 Å². The van der Waals surface area contributed by atoms with Crippen molar-refractivity contribution in [2.75, 3.05) is 0 Å². The fourth-order valence-corrected chi connectivity index (χ4v) is 1.74. The smallest absolute Gasteiger partial charge is 0.0703 e. The Balaban J connectivity index is 2.27. The van der Waals surface area contributed by atoms with Crippen molar-refractivity contribution in [2.24, 2.45) is 0 Å². The Bertz CT molecular complexity index is 460. The molecule has 2 nitrogen and oxygen atoms in total. The average Bonchev–Trinajstić information content (AvgIpc) is 2.30. The molecule has 0 radical (unpaired) electrons. The molecule has 0 aromatic carbocycles. The number of nitrogens with zero attached hydrogens (tertiary/aromatic N) is 2. The van der Waals surface area contributed by atoms with Crippen LogP contribution in [0.4, 0.5) is 0 Å². The molecule has 0 atom stereocenters. The average molecular weight is 212 g/mol. The molecular weight excluding hydrogens is 196 g/mol. The third kappa shape index (κ3) is 2.45. The van der Waals surface area contributed by atoms with Gasteiger partial charge in [-0.15, -0.1) is 0 Å². The summed E-state index contributed by atoms with van der Waals surface area (Å²) in [6.07, 6.45) is 6.05. The highest BCUT2D eigenvalue weighted by Gasteiger charge is 1.99. The monoisotopic (exact) mass is 212 g/mol. The van der Waals surface area contributed by atoms with Crippen LogP contribution in [0.2, 0.25) is 0 Å². The van der Waals surface area contributed by atoms with Crippen LogP contribution < -0.4 is 0 Å². The minimum atomic E-state index is 1.02. The van der Waals surface area contributed by atoms with Gasteiger partial charge in [0, 0.05) is 23.7 Å². The zero-order valence-corrected chi connectivity index (χ0v) is 9.77. The Hall–Kier alpha value is -1.70. The van der Waals surface area contributed by atoms with E-state index in [-0.39, 0.29) is 0 Å². The highest BCUT2D eigenvalue weighted by Crippen LogP contribution is 2.17. The first kappa shape index (κ1) is 10.8. The molecule has 0 aliphatic carbocycles. The number of pyridine rings is 2. The molecular formula is C14H16N2. The largest absolute Gasteiger partial charge is 0.262 e. The van der Waals surface area contributed by atoms with Crippen LogP contribution in [0.5, 0.6) is 0 Å². The molecule has 16 heavy (non-hydrogen) atoms. The van der Waals surface area contributed by atoms with Crippen LogP contribution in [0.1, 0.15) is 24.6 Å². The van der Waals surface area contributed by atoms with Crippen molar-refractivity contribution < 1.29 is 0 Å². The van der Waals surface area contributed by atoms with Crippen molar-refractivity contribution in [3.8, 4) is 11.3 Å². The molecule has 0 bridgehead atoms. The molecule has 2 aromatic rings. The van der Waals surface area contributed by atoms with E-state index in [0.29, 0.717) is 0 Å². The van der Waals surface area contributed by atoms with Crippen LogP contribution in [0, 0.1) is 6.92 Å². The van der Waals surface area contributed by atoms with Crippen molar-refractivity contribution in [2.45, 2.75) is 26.7 Å². The second-order valence-corrected chi connectivity index (χ2v) is 3.99. The van der Waals surface area contributed by atoms with E-state index >= 15 is 0 Å². The van der Waals surface area contributed by atoms with E-state index in [4.69, 9.17) is 0 Å². The molecule has 2 aromatic heterocycles. The van der Waals surface area contributed by atoms with Crippen LogP contribution in [0.15, 0.2) is 36.7 Å². The second kappa shape index (κ2) is 4.88. The van der Waals surface area contributed by atoms with Crippen LogP contribution in [0.25, 0.3) is 11.3 Å². The Morgan fingerprint density at radius 1 is 1.12 bits per heavy atom. The van der Waals surface area contributed by atoms with E-state index in [1.165, 1.54) is 5.56 Å².